The largest absolute Gasteiger partial charge is 0.292 e. The molecule has 180 valence electrons. The van der Waals surface area contributed by atoms with E-state index in [4.69, 9.17) is 15.0 Å². The highest BCUT2D eigenvalue weighted by Gasteiger charge is 2.16. The first kappa shape index (κ1) is 22.1. The molecule has 0 bridgehead atoms. The van der Waals surface area contributed by atoms with E-state index >= 15 is 0 Å². The van der Waals surface area contributed by atoms with Crippen molar-refractivity contribution in [1.82, 2.24) is 19.5 Å². The molecule has 0 aliphatic rings. The van der Waals surface area contributed by atoms with E-state index in [1.165, 1.54) is 16.7 Å². The molecule has 7 rings (SSSR count). The average molecular weight is 489 g/mol. The van der Waals surface area contributed by atoms with Gasteiger partial charge in [0.15, 0.2) is 0 Å². The maximum atomic E-state index is 5.10. The zero-order valence-electron chi connectivity index (χ0n) is 20.9. The van der Waals surface area contributed by atoms with Crippen molar-refractivity contribution in [1.29, 1.82) is 0 Å². The van der Waals surface area contributed by atoms with Gasteiger partial charge in [-0.25, -0.2) is 9.97 Å². The standard InChI is InChI=1S/C34H24N4/c1-23-10-5-15-27-33-31(19-9-21-35-33)38(34(23)27)32-20-8-18-30(37-32)29-17-7-16-28(36-29)26-14-6-13-25(22-26)24-11-3-2-4-12-24/h2-22H,1H3. The van der Waals surface area contributed by atoms with Gasteiger partial charge in [-0.1, -0.05) is 78.9 Å². The van der Waals surface area contributed by atoms with Crippen molar-refractivity contribution in [2.45, 2.75) is 6.92 Å². The van der Waals surface area contributed by atoms with Gasteiger partial charge in [0.1, 0.15) is 5.82 Å². The molecular weight excluding hydrogens is 464 g/mol. The third-order valence-corrected chi connectivity index (χ3v) is 6.98. The van der Waals surface area contributed by atoms with Gasteiger partial charge in [-0.3, -0.25) is 9.55 Å². The van der Waals surface area contributed by atoms with Crippen LogP contribution in [0.25, 0.3) is 61.5 Å². The highest BCUT2D eigenvalue weighted by Crippen LogP contribution is 2.33. The van der Waals surface area contributed by atoms with Crippen LogP contribution in [0, 0.1) is 6.92 Å². The van der Waals surface area contributed by atoms with Gasteiger partial charge < -0.3 is 0 Å². The number of pyridine rings is 3. The van der Waals surface area contributed by atoms with Gasteiger partial charge in [-0.05, 0) is 66.1 Å². The minimum absolute atomic E-state index is 0.830. The van der Waals surface area contributed by atoms with Gasteiger partial charge >= 0.3 is 0 Å². The summed E-state index contributed by atoms with van der Waals surface area (Å²) in [5, 5.41) is 1.13. The molecular formula is C34H24N4. The number of hydrogen-bond donors (Lipinski definition) is 0. The summed E-state index contributed by atoms with van der Waals surface area (Å²) < 4.78 is 2.21. The summed E-state index contributed by atoms with van der Waals surface area (Å²) >= 11 is 0. The Morgan fingerprint density at radius 2 is 1.26 bits per heavy atom. The van der Waals surface area contributed by atoms with Crippen LogP contribution < -0.4 is 0 Å². The second-order valence-electron chi connectivity index (χ2n) is 9.41. The molecule has 0 saturated carbocycles. The molecule has 4 heterocycles. The number of benzene rings is 3. The van der Waals surface area contributed by atoms with E-state index in [0.29, 0.717) is 0 Å². The quantitative estimate of drug-likeness (QED) is 0.250. The number of aryl methyl sites for hydroxylation is 1. The van der Waals surface area contributed by atoms with Crippen molar-refractivity contribution < 1.29 is 0 Å². The van der Waals surface area contributed by atoms with E-state index in [-0.39, 0.29) is 0 Å². The van der Waals surface area contributed by atoms with Crippen molar-refractivity contribution in [3.8, 4) is 39.6 Å². The van der Waals surface area contributed by atoms with Crippen molar-refractivity contribution in [2.75, 3.05) is 0 Å². The summed E-state index contributed by atoms with van der Waals surface area (Å²) in [6.07, 6.45) is 1.85. The van der Waals surface area contributed by atoms with Crippen molar-refractivity contribution in [3.63, 3.8) is 0 Å². The van der Waals surface area contributed by atoms with E-state index in [1.807, 2.05) is 36.5 Å². The molecule has 7 aromatic rings. The van der Waals surface area contributed by atoms with Gasteiger partial charge in [-0.2, -0.15) is 0 Å². The lowest BCUT2D eigenvalue weighted by molar-refractivity contribution is 1.07. The Morgan fingerprint density at radius 3 is 2.16 bits per heavy atom. The lowest BCUT2D eigenvalue weighted by Crippen LogP contribution is -2.00. The lowest BCUT2D eigenvalue weighted by atomic mass is 10.0. The Kier molecular flexibility index (Phi) is 5.30. The second kappa shape index (κ2) is 9.09. The average Bonchev–Trinajstić information content (AvgIpc) is 3.34. The van der Waals surface area contributed by atoms with Gasteiger partial charge in [0.05, 0.1) is 33.6 Å². The first-order valence-electron chi connectivity index (χ1n) is 12.7. The number of rotatable bonds is 4. The van der Waals surface area contributed by atoms with E-state index < -0.39 is 0 Å². The molecule has 0 aliphatic heterocycles. The van der Waals surface area contributed by atoms with Crippen molar-refractivity contribution >= 4 is 21.9 Å². The van der Waals surface area contributed by atoms with Crippen molar-refractivity contribution in [3.05, 3.63) is 133 Å². The predicted octanol–water partition coefficient (Wildman–Crippen LogP) is 8.28. The molecule has 4 aromatic heterocycles. The fraction of sp³-hybridized carbons (Fsp3) is 0.0294. The summed E-state index contributed by atoms with van der Waals surface area (Å²) in [6.45, 7) is 2.14. The van der Waals surface area contributed by atoms with Crippen LogP contribution in [0.5, 0.6) is 0 Å². The Morgan fingerprint density at radius 1 is 0.553 bits per heavy atom. The number of aromatic nitrogens is 4. The zero-order chi connectivity index (χ0) is 25.5. The van der Waals surface area contributed by atoms with Crippen LogP contribution in [-0.4, -0.2) is 19.5 Å². The minimum Gasteiger partial charge on any atom is -0.292 e. The maximum Gasteiger partial charge on any atom is 0.138 e. The van der Waals surface area contributed by atoms with E-state index in [1.54, 1.807) is 0 Å². The van der Waals surface area contributed by atoms with Gasteiger partial charge in [0.2, 0.25) is 0 Å². The van der Waals surface area contributed by atoms with Crippen LogP contribution in [0.3, 0.4) is 0 Å². The lowest BCUT2D eigenvalue weighted by Gasteiger charge is -2.11. The highest BCUT2D eigenvalue weighted by atomic mass is 15.1. The van der Waals surface area contributed by atoms with E-state index in [2.05, 4.69) is 102 Å². The van der Waals surface area contributed by atoms with Crippen LogP contribution in [0.4, 0.5) is 0 Å². The molecule has 3 aromatic carbocycles. The Bertz CT molecular complexity index is 1940. The van der Waals surface area contributed by atoms with Gasteiger partial charge in [-0.15, -0.1) is 0 Å². The first-order chi connectivity index (χ1) is 18.8. The zero-order valence-corrected chi connectivity index (χ0v) is 20.9. The normalized spacial score (nSPS) is 11.3. The third-order valence-electron chi connectivity index (χ3n) is 6.98. The van der Waals surface area contributed by atoms with Gasteiger partial charge in [0.25, 0.3) is 0 Å². The predicted molar refractivity (Wildman–Crippen MR) is 155 cm³/mol. The van der Waals surface area contributed by atoms with Crippen LogP contribution in [0.1, 0.15) is 5.56 Å². The number of para-hydroxylation sites is 1. The number of hydrogen-bond acceptors (Lipinski definition) is 3. The summed E-state index contributed by atoms with van der Waals surface area (Å²) in [7, 11) is 0. The molecule has 0 spiro atoms. The van der Waals surface area contributed by atoms with Crippen LogP contribution in [0.15, 0.2) is 128 Å². The summed E-state index contributed by atoms with van der Waals surface area (Å²) in [4.78, 5) is 14.8. The molecule has 4 nitrogen and oxygen atoms in total. The van der Waals surface area contributed by atoms with Crippen LogP contribution in [0.2, 0.25) is 0 Å². The summed E-state index contributed by atoms with van der Waals surface area (Å²) in [5.41, 5.74) is 10.4. The molecule has 0 unspecified atom stereocenters. The fourth-order valence-corrected chi connectivity index (χ4v) is 5.21. The molecule has 38 heavy (non-hydrogen) atoms. The molecule has 0 fully saturated rings. The molecule has 0 saturated heterocycles. The van der Waals surface area contributed by atoms with Gasteiger partial charge in [0, 0.05) is 17.1 Å². The summed E-state index contributed by atoms with van der Waals surface area (Å²) in [5.74, 6) is 0.850. The monoisotopic (exact) mass is 488 g/mol. The fourth-order valence-electron chi connectivity index (χ4n) is 5.21. The Hall–Kier alpha value is -5.09. The minimum atomic E-state index is 0.830. The molecule has 4 heteroatoms. The van der Waals surface area contributed by atoms with E-state index in [0.717, 1.165) is 50.4 Å². The highest BCUT2D eigenvalue weighted by molar-refractivity contribution is 6.07. The summed E-state index contributed by atoms with van der Waals surface area (Å²) in [6, 6.07) is 41.6. The van der Waals surface area contributed by atoms with E-state index in [9.17, 15) is 0 Å². The Labute approximate surface area is 220 Å². The maximum absolute atomic E-state index is 5.10. The molecule has 0 N–H and O–H groups in total. The van der Waals surface area contributed by atoms with Crippen LogP contribution >= 0.6 is 0 Å². The first-order valence-corrected chi connectivity index (χ1v) is 12.7. The molecule has 0 atom stereocenters. The van der Waals surface area contributed by atoms with Crippen molar-refractivity contribution in [2.24, 2.45) is 0 Å². The smallest absolute Gasteiger partial charge is 0.138 e. The molecule has 0 radical (unpaired) electrons. The van der Waals surface area contributed by atoms with Crippen LogP contribution in [-0.2, 0) is 0 Å². The molecule has 0 amide bonds. The Balaban J connectivity index is 1.34. The topological polar surface area (TPSA) is 43.6 Å². The number of nitrogens with zero attached hydrogens (tertiary/aromatic N) is 4. The second-order valence-corrected chi connectivity index (χ2v) is 9.41. The number of fused-ring (bicyclic) bond motifs is 3. The SMILES string of the molecule is Cc1cccc2c3ncccc3n(-c3cccc(-c4cccc(-c5cccc(-c6ccccc6)c5)n4)n3)c12. The molecule has 0 aliphatic carbocycles. The third kappa shape index (κ3) is 3.75.